The van der Waals surface area contributed by atoms with Gasteiger partial charge >= 0.3 is 12.2 Å². The molecule has 0 bridgehead atoms. The van der Waals surface area contributed by atoms with E-state index in [1.165, 1.54) is 6.33 Å². The number of amides is 2. The summed E-state index contributed by atoms with van der Waals surface area (Å²) in [5.41, 5.74) is 8.27. The lowest BCUT2D eigenvalue weighted by Gasteiger charge is -2.12. The third kappa shape index (κ3) is 4.56. The number of hydrogen-bond donors (Lipinski definition) is 3. The third-order valence-electron chi connectivity index (χ3n) is 4.98. The van der Waals surface area contributed by atoms with Gasteiger partial charge in [0, 0.05) is 23.1 Å². The van der Waals surface area contributed by atoms with Crippen LogP contribution in [0.25, 0.3) is 16.6 Å². The van der Waals surface area contributed by atoms with Crippen LogP contribution in [0, 0.1) is 5.82 Å². The molecule has 0 aliphatic rings. The Morgan fingerprint density at radius 2 is 1.79 bits per heavy atom. The van der Waals surface area contributed by atoms with Crippen molar-refractivity contribution < 1.29 is 22.4 Å². The van der Waals surface area contributed by atoms with E-state index >= 15 is 0 Å². The summed E-state index contributed by atoms with van der Waals surface area (Å²) in [4.78, 5) is 16.3. The Morgan fingerprint density at radius 3 is 2.45 bits per heavy atom. The van der Waals surface area contributed by atoms with Crippen LogP contribution in [-0.4, -0.2) is 20.6 Å². The molecule has 11 heteroatoms. The van der Waals surface area contributed by atoms with Crippen molar-refractivity contribution in [2.45, 2.75) is 19.5 Å². The standard InChI is InChI=1S/C22H18F4N6O/c1-2-12-10-32-19(20(27)28-11-29-32)18(12)13-3-5-16(6-4-13)30-21(33)31-17-8-14(22(24,25)26)7-15(23)9-17/h3-11H,2H2,1H3,(H2,27,28,29)(H2,30,31,33). The van der Waals surface area contributed by atoms with Gasteiger partial charge in [0.25, 0.3) is 0 Å². The molecule has 33 heavy (non-hydrogen) atoms. The molecular weight excluding hydrogens is 440 g/mol. The van der Waals surface area contributed by atoms with Gasteiger partial charge in [-0.15, -0.1) is 0 Å². The number of urea groups is 1. The first-order valence-corrected chi connectivity index (χ1v) is 9.82. The Labute approximate surface area is 185 Å². The minimum absolute atomic E-state index is 0.320. The van der Waals surface area contributed by atoms with Crippen LogP contribution < -0.4 is 16.4 Å². The summed E-state index contributed by atoms with van der Waals surface area (Å²) < 4.78 is 53.7. The van der Waals surface area contributed by atoms with Gasteiger partial charge in [-0.3, -0.25) is 0 Å². The smallest absolute Gasteiger partial charge is 0.382 e. The Bertz CT molecular complexity index is 1330. The second-order valence-electron chi connectivity index (χ2n) is 7.20. The Hall–Kier alpha value is -4.15. The first kappa shape index (κ1) is 22.1. The van der Waals surface area contributed by atoms with E-state index in [2.05, 4.69) is 20.7 Å². The van der Waals surface area contributed by atoms with Crippen LogP contribution in [0.1, 0.15) is 18.1 Å². The number of carbonyl (C=O) groups is 1. The van der Waals surface area contributed by atoms with E-state index in [1.807, 2.05) is 13.1 Å². The monoisotopic (exact) mass is 458 g/mol. The number of fused-ring (bicyclic) bond motifs is 1. The fourth-order valence-electron chi connectivity index (χ4n) is 3.51. The largest absolute Gasteiger partial charge is 0.416 e. The van der Waals surface area contributed by atoms with E-state index in [-0.39, 0.29) is 5.69 Å². The quantitative estimate of drug-likeness (QED) is 0.360. The number of nitrogens with one attached hydrogen (secondary N) is 2. The van der Waals surface area contributed by atoms with E-state index in [1.54, 1.807) is 28.8 Å². The molecular formula is C22H18F4N6O. The SMILES string of the molecule is CCc1cn2ncnc(N)c2c1-c1ccc(NC(=O)Nc2cc(F)cc(C(F)(F)F)c2)cc1. The van der Waals surface area contributed by atoms with Crippen LogP contribution >= 0.6 is 0 Å². The average molecular weight is 458 g/mol. The summed E-state index contributed by atoms with van der Waals surface area (Å²) in [7, 11) is 0. The van der Waals surface area contributed by atoms with Crippen molar-refractivity contribution in [3.8, 4) is 11.1 Å². The molecule has 0 spiro atoms. The van der Waals surface area contributed by atoms with Gasteiger partial charge in [0.05, 0.1) is 5.56 Å². The van der Waals surface area contributed by atoms with Gasteiger partial charge in [-0.25, -0.2) is 18.7 Å². The Kier molecular flexibility index (Phi) is 5.62. The lowest BCUT2D eigenvalue weighted by molar-refractivity contribution is -0.137. The molecule has 2 heterocycles. The maximum absolute atomic E-state index is 13.5. The molecule has 0 radical (unpaired) electrons. The van der Waals surface area contributed by atoms with Crippen molar-refractivity contribution in [2.75, 3.05) is 16.4 Å². The molecule has 0 saturated carbocycles. The second kappa shape index (κ2) is 8.41. The maximum atomic E-state index is 13.5. The number of halogens is 4. The van der Waals surface area contributed by atoms with Gasteiger partial charge in [0.1, 0.15) is 17.7 Å². The van der Waals surface area contributed by atoms with Gasteiger partial charge in [-0.2, -0.15) is 18.3 Å². The number of rotatable bonds is 4. The second-order valence-corrected chi connectivity index (χ2v) is 7.20. The number of carbonyl (C=O) groups excluding carboxylic acids is 1. The summed E-state index contributed by atoms with van der Waals surface area (Å²) in [5, 5.41) is 8.90. The van der Waals surface area contributed by atoms with Gasteiger partial charge in [-0.05, 0) is 47.9 Å². The van der Waals surface area contributed by atoms with Crippen molar-refractivity contribution in [3.05, 3.63) is 71.9 Å². The fourth-order valence-corrected chi connectivity index (χ4v) is 3.51. The van der Waals surface area contributed by atoms with Crippen LogP contribution in [0.2, 0.25) is 0 Å². The summed E-state index contributed by atoms with van der Waals surface area (Å²) in [5.74, 6) is -0.783. The molecule has 0 atom stereocenters. The predicted molar refractivity (Wildman–Crippen MR) is 116 cm³/mol. The molecule has 0 fully saturated rings. The number of nitrogens with zero attached hydrogens (tertiary/aromatic N) is 3. The van der Waals surface area contributed by atoms with Crippen LogP contribution in [0.4, 0.5) is 39.5 Å². The molecule has 2 aromatic heterocycles. The minimum Gasteiger partial charge on any atom is -0.382 e. The summed E-state index contributed by atoms with van der Waals surface area (Å²) in [6.45, 7) is 2.00. The van der Waals surface area contributed by atoms with E-state index < -0.39 is 23.6 Å². The number of nitrogens with two attached hydrogens (primary N) is 1. The third-order valence-corrected chi connectivity index (χ3v) is 4.98. The number of aryl methyl sites for hydroxylation is 1. The van der Waals surface area contributed by atoms with Crippen molar-refractivity contribution >= 4 is 28.7 Å². The molecule has 2 aromatic carbocycles. The average Bonchev–Trinajstić information content (AvgIpc) is 3.13. The summed E-state index contributed by atoms with van der Waals surface area (Å²) in [6.07, 6.45) is -0.766. The lowest BCUT2D eigenvalue weighted by Crippen LogP contribution is -2.20. The van der Waals surface area contributed by atoms with E-state index in [9.17, 15) is 22.4 Å². The van der Waals surface area contributed by atoms with Crippen LogP contribution in [0.5, 0.6) is 0 Å². The van der Waals surface area contributed by atoms with Crippen molar-refractivity contribution in [1.82, 2.24) is 14.6 Å². The molecule has 7 nitrogen and oxygen atoms in total. The molecule has 0 saturated heterocycles. The molecule has 170 valence electrons. The first-order valence-electron chi connectivity index (χ1n) is 9.82. The van der Waals surface area contributed by atoms with Gasteiger partial charge in [-0.1, -0.05) is 19.1 Å². The highest BCUT2D eigenvalue weighted by Crippen LogP contribution is 2.34. The number of anilines is 3. The molecule has 0 aliphatic heterocycles. The van der Waals surface area contributed by atoms with Crippen LogP contribution in [0.15, 0.2) is 55.0 Å². The Balaban J connectivity index is 1.54. The van der Waals surface area contributed by atoms with Crippen LogP contribution in [-0.2, 0) is 12.6 Å². The number of alkyl halides is 3. The van der Waals surface area contributed by atoms with Gasteiger partial charge in [0.15, 0.2) is 5.82 Å². The van der Waals surface area contributed by atoms with Crippen molar-refractivity contribution in [3.63, 3.8) is 0 Å². The molecule has 0 aliphatic carbocycles. The first-order chi connectivity index (χ1) is 15.7. The maximum Gasteiger partial charge on any atom is 0.416 e. The fraction of sp³-hybridized carbons (Fsp3) is 0.136. The highest BCUT2D eigenvalue weighted by molar-refractivity contribution is 6.00. The molecule has 2 amide bonds. The number of hydrogen-bond acceptors (Lipinski definition) is 4. The summed E-state index contributed by atoms with van der Waals surface area (Å²) >= 11 is 0. The highest BCUT2D eigenvalue weighted by Gasteiger charge is 2.31. The molecule has 4 N–H and O–H groups in total. The number of nitrogen functional groups attached to an aromatic ring is 1. The van der Waals surface area contributed by atoms with Crippen molar-refractivity contribution in [2.24, 2.45) is 0 Å². The highest BCUT2D eigenvalue weighted by atomic mass is 19.4. The molecule has 0 unspecified atom stereocenters. The van der Waals surface area contributed by atoms with E-state index in [0.29, 0.717) is 29.2 Å². The minimum atomic E-state index is -4.74. The van der Waals surface area contributed by atoms with Gasteiger partial charge in [0.2, 0.25) is 0 Å². The van der Waals surface area contributed by atoms with E-state index in [4.69, 9.17) is 5.73 Å². The lowest BCUT2D eigenvalue weighted by atomic mass is 10.0. The number of benzene rings is 2. The molecule has 4 rings (SSSR count). The van der Waals surface area contributed by atoms with Crippen molar-refractivity contribution in [1.29, 1.82) is 0 Å². The zero-order chi connectivity index (χ0) is 23.8. The predicted octanol–water partition coefficient (Wildman–Crippen LogP) is 5.34. The normalized spacial score (nSPS) is 11.5. The van der Waals surface area contributed by atoms with E-state index in [0.717, 1.165) is 29.2 Å². The van der Waals surface area contributed by atoms with Crippen LogP contribution in [0.3, 0.4) is 0 Å². The Morgan fingerprint density at radius 1 is 1.09 bits per heavy atom. The zero-order valence-corrected chi connectivity index (χ0v) is 17.2. The van der Waals surface area contributed by atoms with Gasteiger partial charge < -0.3 is 16.4 Å². The molecule has 4 aromatic rings. The topological polar surface area (TPSA) is 97.3 Å². The summed E-state index contributed by atoms with van der Waals surface area (Å²) in [6, 6.07) is 7.78. The number of aromatic nitrogens is 3. The zero-order valence-electron chi connectivity index (χ0n) is 17.2.